The molecular formula is C30H25FO8. The molecule has 9 heteroatoms. The Morgan fingerprint density at radius 2 is 1.33 bits per heavy atom. The molecule has 0 unspecified atom stereocenters. The van der Waals surface area contributed by atoms with Crippen LogP contribution in [-0.2, 0) is 19.1 Å². The molecule has 3 rings (SSSR count). The Hall–Kier alpha value is -5.05. The zero-order valence-electron chi connectivity index (χ0n) is 21.3. The van der Waals surface area contributed by atoms with Gasteiger partial charge in [-0.2, -0.15) is 0 Å². The fourth-order valence-electron chi connectivity index (χ4n) is 3.15. The Kier molecular flexibility index (Phi) is 9.48. The molecule has 0 N–H and O–H groups in total. The quantitative estimate of drug-likeness (QED) is 0.189. The van der Waals surface area contributed by atoms with E-state index in [-0.39, 0.29) is 52.5 Å². The predicted octanol–water partition coefficient (Wildman–Crippen LogP) is 5.61. The van der Waals surface area contributed by atoms with E-state index in [4.69, 9.17) is 18.9 Å². The third kappa shape index (κ3) is 7.96. The Labute approximate surface area is 224 Å². The molecule has 39 heavy (non-hydrogen) atoms. The molecule has 0 radical (unpaired) electrons. The number of halogens is 1. The van der Waals surface area contributed by atoms with Gasteiger partial charge in [0.25, 0.3) is 0 Å². The third-order valence-electron chi connectivity index (χ3n) is 5.13. The molecule has 0 atom stereocenters. The minimum Gasteiger partial charge on any atom is -0.466 e. The number of benzene rings is 3. The molecule has 8 nitrogen and oxygen atoms in total. The maximum atomic E-state index is 14.8. The summed E-state index contributed by atoms with van der Waals surface area (Å²) >= 11 is 0. The Bertz CT molecular complexity index is 1420. The van der Waals surface area contributed by atoms with Crippen LogP contribution in [0.5, 0.6) is 17.2 Å². The van der Waals surface area contributed by atoms with Crippen molar-refractivity contribution in [1.29, 1.82) is 0 Å². The van der Waals surface area contributed by atoms with E-state index in [1.165, 1.54) is 55.5 Å². The number of carbonyl (C=O) groups is 4. The van der Waals surface area contributed by atoms with E-state index in [0.717, 1.165) is 6.07 Å². The van der Waals surface area contributed by atoms with Crippen molar-refractivity contribution in [2.75, 3.05) is 6.61 Å². The molecule has 0 amide bonds. The van der Waals surface area contributed by atoms with Crippen molar-refractivity contribution < 1.29 is 42.5 Å². The predicted molar refractivity (Wildman–Crippen MR) is 140 cm³/mol. The van der Waals surface area contributed by atoms with Gasteiger partial charge < -0.3 is 18.9 Å². The van der Waals surface area contributed by atoms with Crippen LogP contribution in [0.25, 0.3) is 11.1 Å². The van der Waals surface area contributed by atoms with Crippen LogP contribution in [0, 0.1) is 5.82 Å². The molecule has 0 fully saturated rings. The highest BCUT2D eigenvalue weighted by molar-refractivity contribution is 5.94. The molecular weight excluding hydrogens is 507 g/mol. The smallest absolute Gasteiger partial charge is 0.343 e. The number of ether oxygens (including phenoxy) is 4. The molecule has 0 aliphatic heterocycles. The van der Waals surface area contributed by atoms with Gasteiger partial charge in [0.2, 0.25) is 0 Å². The molecule has 0 spiro atoms. The summed E-state index contributed by atoms with van der Waals surface area (Å²) in [5, 5.41) is 0. The minimum absolute atomic E-state index is 0.0631. The van der Waals surface area contributed by atoms with Crippen molar-refractivity contribution in [3.8, 4) is 28.4 Å². The molecule has 3 aromatic carbocycles. The first-order valence-corrected chi connectivity index (χ1v) is 11.7. The molecule has 3 aromatic rings. The van der Waals surface area contributed by atoms with Crippen molar-refractivity contribution >= 4 is 23.9 Å². The van der Waals surface area contributed by atoms with Gasteiger partial charge in [0.1, 0.15) is 23.1 Å². The number of rotatable bonds is 10. The highest BCUT2D eigenvalue weighted by Gasteiger charge is 2.17. The fourth-order valence-corrected chi connectivity index (χ4v) is 3.15. The normalized spacial score (nSPS) is 10.2. The van der Waals surface area contributed by atoms with Gasteiger partial charge >= 0.3 is 23.9 Å². The summed E-state index contributed by atoms with van der Waals surface area (Å²) in [5.74, 6) is -2.92. The molecule has 0 bridgehead atoms. The zero-order chi connectivity index (χ0) is 28.5. The Balaban J connectivity index is 1.62. The van der Waals surface area contributed by atoms with E-state index in [1.54, 1.807) is 19.1 Å². The first-order valence-electron chi connectivity index (χ1n) is 11.7. The molecule has 0 aliphatic rings. The van der Waals surface area contributed by atoms with Gasteiger partial charge in [-0.05, 0) is 67.9 Å². The number of carbonyl (C=O) groups excluding carboxylic acids is 4. The van der Waals surface area contributed by atoms with Gasteiger partial charge in [-0.1, -0.05) is 25.3 Å². The SMILES string of the molecule is C=C(C)C(=O)Oc1ccc(OC(=O)c2ccc(-c3ccc(OC(=O)C(=C)CC(=O)OCC)cc3F)cc2)cc1. The van der Waals surface area contributed by atoms with Gasteiger partial charge in [-0.15, -0.1) is 0 Å². The van der Waals surface area contributed by atoms with Gasteiger partial charge in [0.15, 0.2) is 0 Å². The fraction of sp³-hybridized carbons (Fsp3) is 0.133. The van der Waals surface area contributed by atoms with Crippen LogP contribution < -0.4 is 14.2 Å². The average molecular weight is 533 g/mol. The summed E-state index contributed by atoms with van der Waals surface area (Å²) in [6.45, 7) is 10.3. The van der Waals surface area contributed by atoms with Crippen molar-refractivity contribution in [2.45, 2.75) is 20.3 Å². The van der Waals surface area contributed by atoms with E-state index >= 15 is 0 Å². The topological polar surface area (TPSA) is 105 Å². The summed E-state index contributed by atoms with van der Waals surface area (Å²) < 4.78 is 35.1. The first-order chi connectivity index (χ1) is 18.6. The maximum absolute atomic E-state index is 14.8. The van der Waals surface area contributed by atoms with E-state index in [9.17, 15) is 23.6 Å². The average Bonchev–Trinajstić information content (AvgIpc) is 2.90. The molecule has 200 valence electrons. The summed E-state index contributed by atoms with van der Waals surface area (Å²) in [7, 11) is 0. The molecule has 0 aliphatic carbocycles. The Morgan fingerprint density at radius 1 is 0.769 bits per heavy atom. The van der Waals surface area contributed by atoms with Crippen LogP contribution in [0.15, 0.2) is 91.0 Å². The molecule has 0 saturated carbocycles. The van der Waals surface area contributed by atoms with Gasteiger partial charge in [-0.25, -0.2) is 18.8 Å². The van der Waals surface area contributed by atoms with Crippen LogP contribution in [0.2, 0.25) is 0 Å². The lowest BCUT2D eigenvalue weighted by molar-refractivity contribution is -0.143. The van der Waals surface area contributed by atoms with Crippen LogP contribution in [0.3, 0.4) is 0 Å². The van der Waals surface area contributed by atoms with Crippen LogP contribution in [0.1, 0.15) is 30.6 Å². The van der Waals surface area contributed by atoms with Crippen molar-refractivity contribution in [3.05, 3.63) is 102 Å². The Morgan fingerprint density at radius 3 is 1.90 bits per heavy atom. The maximum Gasteiger partial charge on any atom is 0.343 e. The number of hydrogen-bond acceptors (Lipinski definition) is 8. The summed E-state index contributed by atoms with van der Waals surface area (Å²) in [6.07, 6.45) is -0.335. The largest absolute Gasteiger partial charge is 0.466 e. The lowest BCUT2D eigenvalue weighted by atomic mass is 10.0. The van der Waals surface area contributed by atoms with Crippen molar-refractivity contribution in [1.82, 2.24) is 0 Å². The second-order valence-electron chi connectivity index (χ2n) is 8.22. The second kappa shape index (κ2) is 13.0. The zero-order valence-corrected chi connectivity index (χ0v) is 21.3. The van der Waals surface area contributed by atoms with Gasteiger partial charge in [0.05, 0.1) is 18.6 Å². The number of esters is 4. The van der Waals surface area contributed by atoms with Gasteiger partial charge in [0, 0.05) is 22.8 Å². The minimum atomic E-state index is -0.874. The standard InChI is InChI=1S/C30H25FO8/c1-5-36-27(32)16-19(4)29(34)39-24-14-15-25(26(31)17-24)20-6-8-21(9-7-20)30(35)38-23-12-10-22(11-13-23)37-28(33)18(2)3/h6-15,17H,2,4-5,16H2,1,3H3. The van der Waals surface area contributed by atoms with Crippen LogP contribution >= 0.6 is 0 Å². The van der Waals surface area contributed by atoms with Crippen LogP contribution in [-0.4, -0.2) is 30.5 Å². The van der Waals surface area contributed by atoms with Crippen molar-refractivity contribution in [2.24, 2.45) is 0 Å². The highest BCUT2D eigenvalue weighted by atomic mass is 19.1. The lowest BCUT2D eigenvalue weighted by Gasteiger charge is -2.10. The van der Waals surface area contributed by atoms with E-state index in [1.807, 2.05) is 0 Å². The van der Waals surface area contributed by atoms with Crippen LogP contribution in [0.4, 0.5) is 4.39 Å². The summed E-state index contributed by atoms with van der Waals surface area (Å²) in [4.78, 5) is 47.7. The third-order valence-corrected chi connectivity index (χ3v) is 5.13. The monoisotopic (exact) mass is 532 g/mol. The number of hydrogen-bond donors (Lipinski definition) is 0. The van der Waals surface area contributed by atoms with E-state index < -0.39 is 29.7 Å². The van der Waals surface area contributed by atoms with Crippen molar-refractivity contribution in [3.63, 3.8) is 0 Å². The molecule has 0 aromatic heterocycles. The van der Waals surface area contributed by atoms with E-state index in [2.05, 4.69) is 13.2 Å². The first kappa shape index (κ1) is 28.5. The molecule has 0 saturated heterocycles. The summed E-state index contributed by atoms with van der Waals surface area (Å²) in [6, 6.07) is 15.8. The second-order valence-corrected chi connectivity index (χ2v) is 8.22. The molecule has 0 heterocycles. The highest BCUT2D eigenvalue weighted by Crippen LogP contribution is 2.27. The van der Waals surface area contributed by atoms with E-state index in [0.29, 0.717) is 5.56 Å². The van der Waals surface area contributed by atoms with Gasteiger partial charge in [-0.3, -0.25) is 4.79 Å². The lowest BCUT2D eigenvalue weighted by Crippen LogP contribution is -2.15. The summed E-state index contributed by atoms with van der Waals surface area (Å²) in [5.41, 5.74) is 1.03.